The van der Waals surface area contributed by atoms with E-state index >= 15 is 0 Å². The lowest BCUT2D eigenvalue weighted by molar-refractivity contribution is 0.103. The average Bonchev–Trinajstić information content (AvgIpc) is 2.90. The van der Waals surface area contributed by atoms with Gasteiger partial charge in [-0.15, -0.1) is 11.3 Å². The summed E-state index contributed by atoms with van der Waals surface area (Å²) >= 11 is 1.44. The van der Waals surface area contributed by atoms with Gasteiger partial charge in [0.2, 0.25) is 5.78 Å². The van der Waals surface area contributed by atoms with E-state index in [2.05, 4.69) is 6.58 Å². The molecule has 2 nitrogen and oxygen atoms in total. The number of carbonyl (C=O) groups excluding carboxylic acids is 1. The van der Waals surface area contributed by atoms with Crippen molar-refractivity contribution in [2.75, 3.05) is 6.61 Å². The second kappa shape index (κ2) is 5.65. The summed E-state index contributed by atoms with van der Waals surface area (Å²) in [4.78, 5) is 13.1. The molecule has 18 heavy (non-hydrogen) atoms. The molecular formula is C15H14O2S. The summed E-state index contributed by atoms with van der Waals surface area (Å²) in [6.07, 6.45) is 1.67. The number of carbonyl (C=O) groups is 1. The van der Waals surface area contributed by atoms with Crippen LogP contribution in [0.3, 0.4) is 0 Å². The van der Waals surface area contributed by atoms with Gasteiger partial charge >= 0.3 is 0 Å². The Kier molecular flexibility index (Phi) is 3.95. The highest BCUT2D eigenvalue weighted by atomic mass is 32.1. The molecule has 0 N–H and O–H groups in total. The lowest BCUT2D eigenvalue weighted by atomic mass is 10.1. The van der Waals surface area contributed by atoms with Gasteiger partial charge in [0, 0.05) is 0 Å². The number of thiophene rings is 1. The van der Waals surface area contributed by atoms with Gasteiger partial charge in [-0.05, 0) is 30.5 Å². The van der Waals surface area contributed by atoms with Crippen molar-refractivity contribution in [2.24, 2.45) is 0 Å². The molecule has 92 valence electrons. The third kappa shape index (κ3) is 2.68. The SMILES string of the molecule is C=CCOc1ccc(C)cc1C(=O)c1cccs1. The van der Waals surface area contributed by atoms with Crippen LogP contribution in [0.2, 0.25) is 0 Å². The van der Waals surface area contributed by atoms with Crippen LogP contribution in [-0.4, -0.2) is 12.4 Å². The van der Waals surface area contributed by atoms with Gasteiger partial charge in [-0.25, -0.2) is 0 Å². The lowest BCUT2D eigenvalue weighted by Gasteiger charge is -2.09. The summed E-state index contributed by atoms with van der Waals surface area (Å²) in [5.41, 5.74) is 1.65. The summed E-state index contributed by atoms with van der Waals surface area (Å²) in [5, 5.41) is 1.90. The zero-order chi connectivity index (χ0) is 13.0. The Labute approximate surface area is 111 Å². The van der Waals surface area contributed by atoms with E-state index in [0.717, 1.165) is 10.4 Å². The minimum absolute atomic E-state index is 0.00719. The van der Waals surface area contributed by atoms with Gasteiger partial charge in [-0.2, -0.15) is 0 Å². The van der Waals surface area contributed by atoms with E-state index < -0.39 is 0 Å². The fourth-order valence-electron chi connectivity index (χ4n) is 1.64. The summed E-state index contributed by atoms with van der Waals surface area (Å²) in [6.45, 7) is 5.97. The zero-order valence-electron chi connectivity index (χ0n) is 10.2. The van der Waals surface area contributed by atoms with E-state index in [1.165, 1.54) is 11.3 Å². The minimum atomic E-state index is 0.00719. The second-order valence-corrected chi connectivity index (χ2v) is 4.85. The third-order valence-electron chi connectivity index (χ3n) is 2.48. The van der Waals surface area contributed by atoms with E-state index in [-0.39, 0.29) is 5.78 Å². The van der Waals surface area contributed by atoms with Gasteiger partial charge < -0.3 is 4.74 Å². The highest BCUT2D eigenvalue weighted by molar-refractivity contribution is 7.12. The van der Waals surface area contributed by atoms with Gasteiger partial charge in [0.1, 0.15) is 12.4 Å². The van der Waals surface area contributed by atoms with Crippen LogP contribution in [0.4, 0.5) is 0 Å². The van der Waals surface area contributed by atoms with Crippen molar-refractivity contribution in [1.29, 1.82) is 0 Å². The molecule has 1 aromatic carbocycles. The Morgan fingerprint density at radius 3 is 2.94 bits per heavy atom. The normalized spacial score (nSPS) is 10.1. The van der Waals surface area contributed by atoms with Crippen LogP contribution >= 0.6 is 11.3 Å². The van der Waals surface area contributed by atoms with Crippen LogP contribution in [0.1, 0.15) is 20.8 Å². The quantitative estimate of drug-likeness (QED) is 0.601. The molecule has 0 aliphatic heterocycles. The fourth-order valence-corrected chi connectivity index (χ4v) is 2.31. The highest BCUT2D eigenvalue weighted by Crippen LogP contribution is 2.25. The van der Waals surface area contributed by atoms with Crippen LogP contribution in [0, 0.1) is 6.92 Å². The Bertz CT molecular complexity index is 556. The van der Waals surface area contributed by atoms with Crippen LogP contribution in [-0.2, 0) is 0 Å². The molecule has 0 unspecified atom stereocenters. The molecule has 0 radical (unpaired) electrons. The second-order valence-electron chi connectivity index (χ2n) is 3.91. The summed E-state index contributed by atoms with van der Waals surface area (Å²) in [7, 11) is 0. The summed E-state index contributed by atoms with van der Waals surface area (Å²) in [5.74, 6) is 0.617. The maximum absolute atomic E-state index is 12.3. The first-order valence-electron chi connectivity index (χ1n) is 5.65. The van der Waals surface area contributed by atoms with Gasteiger partial charge in [-0.1, -0.05) is 30.4 Å². The molecule has 2 aromatic rings. The minimum Gasteiger partial charge on any atom is -0.489 e. The molecule has 1 aromatic heterocycles. The van der Waals surface area contributed by atoms with Crippen LogP contribution < -0.4 is 4.74 Å². The van der Waals surface area contributed by atoms with E-state index in [4.69, 9.17) is 4.74 Å². The first kappa shape index (κ1) is 12.6. The van der Waals surface area contributed by atoms with Crippen LogP contribution in [0.25, 0.3) is 0 Å². The number of hydrogen-bond donors (Lipinski definition) is 0. The third-order valence-corrected chi connectivity index (χ3v) is 3.35. The standard InChI is InChI=1S/C15H14O2S/c1-3-8-17-13-7-6-11(2)10-12(13)15(16)14-5-4-9-18-14/h3-7,9-10H,1,8H2,2H3. The van der Waals surface area contributed by atoms with Crippen molar-refractivity contribution in [1.82, 2.24) is 0 Å². The van der Waals surface area contributed by atoms with Gasteiger partial charge in [0.05, 0.1) is 10.4 Å². The molecule has 0 fully saturated rings. The largest absolute Gasteiger partial charge is 0.489 e. The van der Waals surface area contributed by atoms with E-state index in [0.29, 0.717) is 17.9 Å². The number of benzene rings is 1. The van der Waals surface area contributed by atoms with E-state index in [9.17, 15) is 4.79 Å². The number of aryl methyl sites for hydroxylation is 1. The van der Waals surface area contributed by atoms with Gasteiger partial charge in [0.25, 0.3) is 0 Å². The number of ketones is 1. The zero-order valence-corrected chi connectivity index (χ0v) is 11.0. The summed E-state index contributed by atoms with van der Waals surface area (Å²) in [6, 6.07) is 9.33. The predicted octanol–water partition coefficient (Wildman–Crippen LogP) is 3.85. The molecule has 2 rings (SSSR count). The topological polar surface area (TPSA) is 26.3 Å². The first-order valence-corrected chi connectivity index (χ1v) is 6.53. The van der Waals surface area contributed by atoms with Gasteiger partial charge in [-0.3, -0.25) is 4.79 Å². The van der Waals surface area contributed by atoms with Gasteiger partial charge in [0.15, 0.2) is 0 Å². The maximum Gasteiger partial charge on any atom is 0.206 e. The van der Waals surface area contributed by atoms with Crippen molar-refractivity contribution >= 4 is 17.1 Å². The molecule has 0 saturated carbocycles. The lowest BCUT2D eigenvalue weighted by Crippen LogP contribution is -2.04. The molecular weight excluding hydrogens is 244 g/mol. The number of rotatable bonds is 5. The first-order chi connectivity index (χ1) is 8.72. The van der Waals surface area contributed by atoms with Crippen molar-refractivity contribution in [3.8, 4) is 5.75 Å². The summed E-state index contributed by atoms with van der Waals surface area (Å²) < 4.78 is 5.53. The van der Waals surface area contributed by atoms with Crippen molar-refractivity contribution < 1.29 is 9.53 Å². The van der Waals surface area contributed by atoms with Crippen molar-refractivity contribution in [2.45, 2.75) is 6.92 Å². The Hall–Kier alpha value is -1.87. The average molecular weight is 258 g/mol. The molecule has 0 amide bonds. The smallest absolute Gasteiger partial charge is 0.206 e. The fraction of sp³-hybridized carbons (Fsp3) is 0.133. The Balaban J connectivity index is 2.38. The molecule has 1 heterocycles. The van der Waals surface area contributed by atoms with Crippen molar-refractivity contribution in [3.63, 3.8) is 0 Å². The molecule has 0 bridgehead atoms. The highest BCUT2D eigenvalue weighted by Gasteiger charge is 2.15. The molecule has 3 heteroatoms. The molecule has 0 atom stereocenters. The van der Waals surface area contributed by atoms with Crippen molar-refractivity contribution in [3.05, 3.63) is 64.4 Å². The molecule has 0 saturated heterocycles. The number of hydrogen-bond acceptors (Lipinski definition) is 3. The maximum atomic E-state index is 12.3. The van der Waals surface area contributed by atoms with Crippen LogP contribution in [0.5, 0.6) is 5.75 Å². The van der Waals surface area contributed by atoms with E-state index in [1.807, 2.05) is 42.6 Å². The predicted molar refractivity (Wildman–Crippen MR) is 74.6 cm³/mol. The number of ether oxygens (including phenoxy) is 1. The Morgan fingerprint density at radius 1 is 1.44 bits per heavy atom. The Morgan fingerprint density at radius 2 is 2.28 bits per heavy atom. The van der Waals surface area contributed by atoms with E-state index in [1.54, 1.807) is 6.08 Å². The molecule has 0 aliphatic carbocycles. The molecule has 0 aliphatic rings. The molecule has 0 spiro atoms. The van der Waals surface area contributed by atoms with Crippen LogP contribution in [0.15, 0.2) is 48.4 Å². The monoisotopic (exact) mass is 258 g/mol.